The molecule has 0 bridgehead atoms. The molecular formula is C5H5F3I2. The smallest absolute Gasteiger partial charge is 0.167 e. The van der Waals surface area contributed by atoms with E-state index in [-0.39, 0.29) is 0 Å². The molecule has 0 rings (SSSR count). The topological polar surface area (TPSA) is 0 Å². The molecule has 5 heteroatoms. The summed E-state index contributed by atoms with van der Waals surface area (Å²) in [5.74, 6) is 0. The van der Waals surface area contributed by atoms with E-state index in [1.165, 1.54) is 0 Å². The fraction of sp³-hybridized carbons (Fsp3) is 0.600. The van der Waals surface area contributed by atoms with Crippen LogP contribution in [0.4, 0.5) is 13.2 Å². The zero-order valence-electron chi connectivity index (χ0n) is 4.88. The van der Waals surface area contributed by atoms with Crippen molar-refractivity contribution in [2.45, 2.75) is 12.6 Å². The maximum atomic E-state index is 11.5. The van der Waals surface area contributed by atoms with Crippen LogP contribution in [0.3, 0.4) is 0 Å². The summed E-state index contributed by atoms with van der Waals surface area (Å²) >= 11 is 3.74. The highest BCUT2D eigenvalue weighted by Gasteiger charge is 2.23. The van der Waals surface area contributed by atoms with Crippen molar-refractivity contribution in [3.63, 3.8) is 0 Å². The third-order valence-electron chi connectivity index (χ3n) is 0.654. The lowest BCUT2D eigenvalue weighted by molar-refractivity contribution is -0.0801. The van der Waals surface area contributed by atoms with Gasteiger partial charge in [0.1, 0.15) is 0 Å². The summed E-state index contributed by atoms with van der Waals surface area (Å²) in [6.07, 6.45) is -3.31. The second-order valence-corrected chi connectivity index (χ2v) is 4.04. The lowest BCUT2D eigenvalue weighted by Crippen LogP contribution is -2.01. The molecule has 0 saturated carbocycles. The van der Waals surface area contributed by atoms with Gasteiger partial charge in [-0.05, 0) is 32.6 Å². The summed E-state index contributed by atoms with van der Waals surface area (Å²) < 4.78 is 35.7. The molecule has 0 atom stereocenters. The van der Waals surface area contributed by atoms with Gasteiger partial charge in [-0.15, -0.1) is 0 Å². The summed E-state index contributed by atoms with van der Waals surface area (Å²) in [4.78, 5) is 0. The molecule has 0 aliphatic heterocycles. The number of hydrogen-bond donors (Lipinski definition) is 0. The van der Waals surface area contributed by atoms with Crippen LogP contribution in [0.2, 0.25) is 0 Å². The van der Waals surface area contributed by atoms with E-state index in [2.05, 4.69) is 0 Å². The molecule has 0 fully saturated rings. The molecule has 0 aromatic rings. The standard InChI is InChI=1S/C5H5F3I2/c6-5(7,8)3-4(10)1-2-9/h3H,1-2H2/b4-3-. The first-order chi connectivity index (χ1) is 4.45. The van der Waals surface area contributed by atoms with Crippen LogP contribution in [-0.4, -0.2) is 10.6 Å². The van der Waals surface area contributed by atoms with Gasteiger partial charge in [0.05, 0.1) is 0 Å². The highest BCUT2D eigenvalue weighted by Crippen LogP contribution is 2.23. The van der Waals surface area contributed by atoms with E-state index in [1.807, 2.05) is 22.6 Å². The molecule has 0 heterocycles. The SMILES string of the molecule is FC(F)(F)/C=C(\I)CCI. The molecule has 0 amide bonds. The largest absolute Gasteiger partial charge is 0.410 e. The van der Waals surface area contributed by atoms with Crippen molar-refractivity contribution in [1.29, 1.82) is 0 Å². The minimum absolute atomic E-state index is 0.340. The van der Waals surface area contributed by atoms with Gasteiger partial charge in [-0.25, -0.2) is 0 Å². The molecule has 10 heavy (non-hydrogen) atoms. The Hall–Kier alpha value is 0.990. The van der Waals surface area contributed by atoms with E-state index < -0.39 is 6.18 Å². The van der Waals surface area contributed by atoms with Crippen LogP contribution in [-0.2, 0) is 0 Å². The highest BCUT2D eigenvalue weighted by molar-refractivity contribution is 14.1. The molecule has 0 nitrogen and oxygen atoms in total. The summed E-state index contributed by atoms with van der Waals surface area (Å²) in [6, 6.07) is 0. The first-order valence-corrected chi connectivity index (χ1v) is 5.06. The van der Waals surface area contributed by atoms with Crippen LogP contribution >= 0.6 is 45.2 Å². The van der Waals surface area contributed by atoms with Crippen LogP contribution in [0.15, 0.2) is 9.66 Å². The van der Waals surface area contributed by atoms with Gasteiger partial charge in [-0.3, -0.25) is 0 Å². The fourth-order valence-corrected chi connectivity index (χ4v) is 2.58. The number of allylic oxidation sites excluding steroid dienone is 2. The van der Waals surface area contributed by atoms with E-state index in [0.29, 0.717) is 16.1 Å². The summed E-state index contributed by atoms with van der Waals surface area (Å²) in [5, 5.41) is 0. The van der Waals surface area contributed by atoms with Crippen LogP contribution in [0.25, 0.3) is 0 Å². The molecule has 0 unspecified atom stereocenters. The van der Waals surface area contributed by atoms with Crippen molar-refractivity contribution in [3.8, 4) is 0 Å². The number of halogens is 5. The minimum Gasteiger partial charge on any atom is -0.167 e. The molecule has 60 valence electrons. The lowest BCUT2D eigenvalue weighted by Gasteiger charge is -1.99. The van der Waals surface area contributed by atoms with E-state index in [1.54, 1.807) is 22.6 Å². The Balaban J connectivity index is 3.90. The lowest BCUT2D eigenvalue weighted by atomic mass is 10.4. The Bertz CT molecular complexity index is 127. The Kier molecular flexibility index (Phi) is 5.26. The van der Waals surface area contributed by atoms with Crippen LogP contribution < -0.4 is 0 Å². The second-order valence-electron chi connectivity index (χ2n) is 1.57. The third-order valence-corrected chi connectivity index (χ3v) is 2.04. The molecule has 0 aromatic carbocycles. The predicted octanol–water partition coefficient (Wildman–Crippen LogP) is 3.69. The van der Waals surface area contributed by atoms with E-state index in [9.17, 15) is 13.2 Å². The average Bonchev–Trinajstić information content (AvgIpc) is 1.59. The molecule has 0 N–H and O–H groups in total. The second kappa shape index (κ2) is 4.78. The van der Waals surface area contributed by atoms with Gasteiger partial charge in [0.2, 0.25) is 0 Å². The first-order valence-electron chi connectivity index (χ1n) is 2.45. The Morgan fingerprint density at radius 3 is 2.20 bits per heavy atom. The molecule has 0 saturated heterocycles. The molecule has 0 radical (unpaired) electrons. The summed E-state index contributed by atoms with van der Waals surface area (Å²) in [6.45, 7) is 0. The van der Waals surface area contributed by atoms with Gasteiger partial charge < -0.3 is 0 Å². The fourth-order valence-electron chi connectivity index (χ4n) is 0.340. The van der Waals surface area contributed by atoms with Gasteiger partial charge in [0, 0.05) is 10.5 Å². The Morgan fingerprint density at radius 1 is 1.40 bits per heavy atom. The number of hydrogen-bond acceptors (Lipinski definition) is 0. The Morgan fingerprint density at radius 2 is 1.90 bits per heavy atom. The first kappa shape index (κ1) is 11.0. The van der Waals surface area contributed by atoms with Crippen molar-refractivity contribution < 1.29 is 13.2 Å². The van der Waals surface area contributed by atoms with Crippen molar-refractivity contribution >= 4 is 45.2 Å². The Labute approximate surface area is 84.5 Å². The zero-order chi connectivity index (χ0) is 8.20. The summed E-state index contributed by atoms with van der Waals surface area (Å²) in [7, 11) is 0. The number of alkyl halides is 4. The zero-order valence-corrected chi connectivity index (χ0v) is 9.20. The molecular weight excluding hydrogens is 371 g/mol. The quantitative estimate of drug-likeness (QED) is 0.510. The monoisotopic (exact) mass is 376 g/mol. The van der Waals surface area contributed by atoms with Gasteiger partial charge >= 0.3 is 6.18 Å². The minimum atomic E-state index is -4.15. The van der Waals surface area contributed by atoms with Crippen LogP contribution in [0.1, 0.15) is 6.42 Å². The molecule has 0 aromatic heterocycles. The molecule has 0 spiro atoms. The van der Waals surface area contributed by atoms with Crippen molar-refractivity contribution in [3.05, 3.63) is 9.66 Å². The van der Waals surface area contributed by atoms with Gasteiger partial charge in [-0.2, -0.15) is 13.2 Å². The predicted molar refractivity (Wildman–Crippen MR) is 51.7 cm³/mol. The third kappa shape index (κ3) is 7.10. The maximum Gasteiger partial charge on any atom is 0.410 e. The summed E-state index contributed by atoms with van der Waals surface area (Å²) in [5.41, 5.74) is 0. The highest BCUT2D eigenvalue weighted by atomic mass is 127. The van der Waals surface area contributed by atoms with E-state index in [0.717, 1.165) is 4.43 Å². The van der Waals surface area contributed by atoms with Crippen molar-refractivity contribution in [2.24, 2.45) is 0 Å². The van der Waals surface area contributed by atoms with Crippen LogP contribution in [0.5, 0.6) is 0 Å². The average molecular weight is 376 g/mol. The normalized spacial score (nSPS) is 13.9. The van der Waals surface area contributed by atoms with Gasteiger partial charge in [0.25, 0.3) is 0 Å². The van der Waals surface area contributed by atoms with Crippen molar-refractivity contribution in [1.82, 2.24) is 0 Å². The van der Waals surface area contributed by atoms with Crippen LogP contribution in [0, 0.1) is 0 Å². The van der Waals surface area contributed by atoms with E-state index in [4.69, 9.17) is 0 Å². The number of rotatable bonds is 2. The van der Waals surface area contributed by atoms with Gasteiger partial charge in [-0.1, -0.05) is 22.6 Å². The maximum absolute atomic E-state index is 11.5. The van der Waals surface area contributed by atoms with Gasteiger partial charge in [0.15, 0.2) is 0 Å². The molecule has 0 aliphatic rings. The van der Waals surface area contributed by atoms with Crippen molar-refractivity contribution in [2.75, 3.05) is 4.43 Å². The molecule has 0 aliphatic carbocycles. The van der Waals surface area contributed by atoms with E-state index >= 15 is 0 Å².